The van der Waals surface area contributed by atoms with E-state index >= 15 is 0 Å². The van der Waals surface area contributed by atoms with Gasteiger partial charge in [0.15, 0.2) is 11.2 Å². The summed E-state index contributed by atoms with van der Waals surface area (Å²) in [6.07, 6.45) is 1.09. The normalized spacial score (nSPS) is 15.7. The SMILES string of the molecule is Cc1c(C)n2c3c(=O)[nH]c(=O)n(C)c3nc2n1CCN1CCN(CCc2ccccc2)CC1. The summed E-state index contributed by atoms with van der Waals surface area (Å²) in [6.45, 7) is 11.1. The zero-order chi connectivity index (χ0) is 23.1. The van der Waals surface area contributed by atoms with Gasteiger partial charge in [-0.15, -0.1) is 0 Å². The zero-order valence-corrected chi connectivity index (χ0v) is 19.5. The summed E-state index contributed by atoms with van der Waals surface area (Å²) in [7, 11) is 1.64. The minimum atomic E-state index is -0.445. The Morgan fingerprint density at radius 2 is 1.58 bits per heavy atom. The average molecular weight is 450 g/mol. The molecule has 174 valence electrons. The molecule has 3 aromatic heterocycles. The molecule has 33 heavy (non-hydrogen) atoms. The van der Waals surface area contributed by atoms with Gasteiger partial charge in [0, 0.05) is 64.2 Å². The lowest BCUT2D eigenvalue weighted by molar-refractivity contribution is 0.130. The molecule has 5 rings (SSSR count). The van der Waals surface area contributed by atoms with Crippen LogP contribution in [0, 0.1) is 13.8 Å². The summed E-state index contributed by atoms with van der Waals surface area (Å²) in [4.78, 5) is 36.7. The summed E-state index contributed by atoms with van der Waals surface area (Å²) in [5.74, 6) is 0.716. The van der Waals surface area contributed by atoms with Crippen molar-refractivity contribution in [2.24, 2.45) is 7.05 Å². The Hall–Kier alpha value is -3.17. The van der Waals surface area contributed by atoms with Gasteiger partial charge in [0.1, 0.15) is 0 Å². The van der Waals surface area contributed by atoms with Gasteiger partial charge < -0.3 is 9.47 Å². The van der Waals surface area contributed by atoms with E-state index in [1.807, 2.05) is 11.3 Å². The third-order valence-corrected chi connectivity index (χ3v) is 7.07. The standard InChI is InChI=1S/C24H31N7O2/c1-17-18(2)31-20-21(27(3)24(33)26-22(20)32)25-23(31)30(17)16-15-29-13-11-28(12-14-29)10-9-19-7-5-4-6-8-19/h4-8H,9-16H2,1-3H3,(H,26,32,33). The molecule has 0 aliphatic carbocycles. The van der Waals surface area contributed by atoms with Crippen LogP contribution in [0.5, 0.6) is 0 Å². The van der Waals surface area contributed by atoms with E-state index in [2.05, 4.69) is 61.6 Å². The van der Waals surface area contributed by atoms with Gasteiger partial charge in [-0.25, -0.2) is 4.79 Å². The predicted molar refractivity (Wildman–Crippen MR) is 129 cm³/mol. The van der Waals surface area contributed by atoms with Crippen LogP contribution in [0.2, 0.25) is 0 Å². The topological polar surface area (TPSA) is 83.6 Å². The highest BCUT2D eigenvalue weighted by atomic mass is 16.2. The minimum absolute atomic E-state index is 0.396. The van der Waals surface area contributed by atoms with Crippen LogP contribution in [0.25, 0.3) is 16.9 Å². The van der Waals surface area contributed by atoms with Crippen molar-refractivity contribution in [1.82, 2.24) is 33.3 Å². The lowest BCUT2D eigenvalue weighted by atomic mass is 10.1. The Balaban J connectivity index is 1.28. The summed E-state index contributed by atoms with van der Waals surface area (Å²) in [5.41, 5.74) is 3.47. The fourth-order valence-electron chi connectivity index (χ4n) is 4.85. The van der Waals surface area contributed by atoms with Gasteiger partial charge in [0.2, 0.25) is 5.78 Å². The van der Waals surface area contributed by atoms with Crippen LogP contribution in [0.4, 0.5) is 0 Å². The predicted octanol–water partition coefficient (Wildman–Crippen LogP) is 1.15. The van der Waals surface area contributed by atoms with Gasteiger partial charge in [-0.05, 0) is 25.8 Å². The van der Waals surface area contributed by atoms with Gasteiger partial charge >= 0.3 is 5.69 Å². The van der Waals surface area contributed by atoms with Crippen LogP contribution in [-0.4, -0.2) is 72.6 Å². The molecule has 0 saturated carbocycles. The van der Waals surface area contributed by atoms with Crippen LogP contribution >= 0.6 is 0 Å². The molecular weight excluding hydrogens is 418 g/mol. The Morgan fingerprint density at radius 1 is 0.909 bits per heavy atom. The molecule has 1 aromatic carbocycles. The molecule has 1 aliphatic heterocycles. The first kappa shape index (κ1) is 21.7. The number of piperazine rings is 1. The minimum Gasteiger partial charge on any atom is -0.313 e. The number of rotatable bonds is 6. The fraction of sp³-hybridized carbons (Fsp3) is 0.458. The monoisotopic (exact) mass is 449 g/mol. The summed E-state index contributed by atoms with van der Waals surface area (Å²) < 4.78 is 5.45. The number of nitrogens with zero attached hydrogens (tertiary/aromatic N) is 6. The lowest BCUT2D eigenvalue weighted by Crippen LogP contribution is -2.47. The third-order valence-electron chi connectivity index (χ3n) is 7.07. The van der Waals surface area contributed by atoms with E-state index in [0.29, 0.717) is 16.9 Å². The van der Waals surface area contributed by atoms with E-state index in [-0.39, 0.29) is 0 Å². The maximum atomic E-state index is 12.5. The molecule has 0 radical (unpaired) electrons. The highest BCUT2D eigenvalue weighted by molar-refractivity contribution is 5.76. The molecular formula is C24H31N7O2. The van der Waals surface area contributed by atoms with Crippen molar-refractivity contribution < 1.29 is 0 Å². The van der Waals surface area contributed by atoms with Gasteiger partial charge in [-0.1, -0.05) is 30.3 Å². The van der Waals surface area contributed by atoms with Crippen molar-refractivity contribution in [2.45, 2.75) is 26.8 Å². The fourth-order valence-corrected chi connectivity index (χ4v) is 4.85. The first-order chi connectivity index (χ1) is 15.9. The van der Waals surface area contributed by atoms with E-state index in [0.717, 1.165) is 63.6 Å². The third kappa shape index (κ3) is 3.91. The number of aromatic amines is 1. The van der Waals surface area contributed by atoms with E-state index in [4.69, 9.17) is 0 Å². The quantitative estimate of drug-likeness (QED) is 0.478. The molecule has 4 aromatic rings. The number of aryl methyl sites for hydroxylation is 2. The Morgan fingerprint density at radius 3 is 2.27 bits per heavy atom. The number of imidazole rings is 2. The summed E-state index contributed by atoms with van der Waals surface area (Å²) >= 11 is 0. The molecule has 0 spiro atoms. The number of hydrogen-bond donors (Lipinski definition) is 1. The van der Waals surface area contributed by atoms with Crippen LogP contribution < -0.4 is 11.2 Å². The lowest BCUT2D eigenvalue weighted by Gasteiger charge is -2.34. The number of nitrogens with one attached hydrogen (secondary N) is 1. The maximum absolute atomic E-state index is 12.5. The van der Waals surface area contributed by atoms with Gasteiger partial charge in [-0.3, -0.25) is 23.6 Å². The van der Waals surface area contributed by atoms with E-state index in [9.17, 15) is 9.59 Å². The van der Waals surface area contributed by atoms with Crippen molar-refractivity contribution in [3.8, 4) is 0 Å². The second kappa shape index (κ2) is 8.64. The van der Waals surface area contributed by atoms with Crippen LogP contribution in [0.1, 0.15) is 17.0 Å². The second-order valence-electron chi connectivity index (χ2n) is 8.98. The average Bonchev–Trinajstić information content (AvgIpc) is 3.32. The van der Waals surface area contributed by atoms with Crippen LogP contribution in [0.15, 0.2) is 39.9 Å². The van der Waals surface area contributed by atoms with E-state index < -0.39 is 11.2 Å². The Bertz CT molecular complexity index is 1400. The maximum Gasteiger partial charge on any atom is 0.329 e. The largest absolute Gasteiger partial charge is 0.329 e. The zero-order valence-electron chi connectivity index (χ0n) is 19.5. The smallest absolute Gasteiger partial charge is 0.313 e. The van der Waals surface area contributed by atoms with Crippen LogP contribution in [-0.2, 0) is 20.0 Å². The molecule has 4 heterocycles. The van der Waals surface area contributed by atoms with Gasteiger partial charge in [0.25, 0.3) is 5.56 Å². The van der Waals surface area contributed by atoms with Crippen molar-refractivity contribution in [1.29, 1.82) is 0 Å². The molecule has 0 unspecified atom stereocenters. The molecule has 0 atom stereocenters. The highest BCUT2D eigenvalue weighted by Gasteiger charge is 2.22. The number of benzene rings is 1. The Labute approximate surface area is 191 Å². The Kier molecular flexibility index (Phi) is 5.67. The van der Waals surface area contributed by atoms with E-state index in [1.165, 1.54) is 10.1 Å². The number of fused-ring (bicyclic) bond motifs is 3. The van der Waals surface area contributed by atoms with Crippen LogP contribution in [0.3, 0.4) is 0 Å². The van der Waals surface area contributed by atoms with Crippen molar-refractivity contribution in [3.05, 3.63) is 68.1 Å². The van der Waals surface area contributed by atoms with Crippen molar-refractivity contribution >= 4 is 16.9 Å². The summed E-state index contributed by atoms with van der Waals surface area (Å²) in [6, 6.07) is 10.7. The molecule has 1 saturated heterocycles. The molecule has 0 bridgehead atoms. The number of hydrogen-bond acceptors (Lipinski definition) is 5. The van der Waals surface area contributed by atoms with E-state index in [1.54, 1.807) is 7.05 Å². The second-order valence-corrected chi connectivity index (χ2v) is 8.98. The molecule has 9 nitrogen and oxygen atoms in total. The highest BCUT2D eigenvalue weighted by Crippen LogP contribution is 2.20. The first-order valence-corrected chi connectivity index (χ1v) is 11.6. The van der Waals surface area contributed by atoms with Crippen molar-refractivity contribution in [2.75, 3.05) is 39.3 Å². The molecule has 1 N–H and O–H groups in total. The van der Waals surface area contributed by atoms with Crippen molar-refractivity contribution in [3.63, 3.8) is 0 Å². The number of H-pyrrole nitrogens is 1. The first-order valence-electron chi connectivity index (χ1n) is 11.6. The number of aromatic nitrogens is 5. The summed E-state index contributed by atoms with van der Waals surface area (Å²) in [5, 5.41) is 0. The van der Waals surface area contributed by atoms with Gasteiger partial charge in [-0.2, -0.15) is 4.98 Å². The molecule has 9 heteroatoms. The molecule has 0 amide bonds. The molecule has 1 fully saturated rings. The molecule has 1 aliphatic rings. The van der Waals surface area contributed by atoms with Gasteiger partial charge in [0.05, 0.1) is 0 Å².